The third-order valence-corrected chi connectivity index (χ3v) is 6.58. The molecule has 5 rings (SSSR count). The summed E-state index contributed by atoms with van der Waals surface area (Å²) >= 11 is 6.34. The molecule has 0 unspecified atom stereocenters. The van der Waals surface area contributed by atoms with Crippen LogP contribution < -0.4 is 16.0 Å². The predicted octanol–water partition coefficient (Wildman–Crippen LogP) is 3.21. The summed E-state index contributed by atoms with van der Waals surface area (Å²) < 4.78 is 0. The van der Waals surface area contributed by atoms with Gasteiger partial charge in [-0.15, -0.1) is 0 Å². The van der Waals surface area contributed by atoms with E-state index in [1.165, 1.54) is 0 Å². The number of hydrogen-bond acceptors (Lipinski definition) is 8. The number of fused-ring (bicyclic) bond motifs is 6. The van der Waals surface area contributed by atoms with Crippen molar-refractivity contribution in [3.05, 3.63) is 59.0 Å². The number of nitrogens with one attached hydrogen (secondary N) is 3. The Bertz CT molecular complexity index is 1290. The minimum absolute atomic E-state index is 0.0730. The molecule has 3 aromatic rings. The number of nitrogens with zero attached hydrogens (tertiary/aromatic N) is 5. The molecule has 2 aliphatic heterocycles. The summed E-state index contributed by atoms with van der Waals surface area (Å²) in [6.45, 7) is 4.51. The zero-order valence-electron chi connectivity index (χ0n) is 19.9. The van der Waals surface area contributed by atoms with Gasteiger partial charge >= 0.3 is 0 Å². The van der Waals surface area contributed by atoms with E-state index in [1.807, 2.05) is 35.4 Å². The van der Waals surface area contributed by atoms with E-state index in [1.54, 1.807) is 19.3 Å². The van der Waals surface area contributed by atoms with Crippen molar-refractivity contribution in [3.63, 3.8) is 0 Å². The largest absolute Gasteiger partial charge is 0.340 e. The molecule has 0 aliphatic carbocycles. The molecule has 0 saturated carbocycles. The number of pyridine rings is 1. The van der Waals surface area contributed by atoms with E-state index in [2.05, 4.69) is 35.8 Å². The third-order valence-electron chi connectivity index (χ3n) is 6.31. The van der Waals surface area contributed by atoms with E-state index >= 15 is 0 Å². The molecule has 10 nitrogen and oxygen atoms in total. The summed E-state index contributed by atoms with van der Waals surface area (Å²) in [6, 6.07) is 7.80. The minimum Gasteiger partial charge on any atom is -0.340 e. The minimum atomic E-state index is -0.0810. The summed E-state index contributed by atoms with van der Waals surface area (Å²) in [5.41, 5.74) is 4.38. The molecule has 0 radical (unpaired) electrons. The van der Waals surface area contributed by atoms with Crippen LogP contribution in [-0.2, 0) is 22.4 Å². The van der Waals surface area contributed by atoms with Gasteiger partial charge in [-0.1, -0.05) is 11.6 Å². The lowest BCUT2D eigenvalue weighted by molar-refractivity contribution is -0.130. The van der Waals surface area contributed by atoms with Gasteiger partial charge in [0.1, 0.15) is 5.02 Å². The van der Waals surface area contributed by atoms with Gasteiger partial charge in [0.05, 0.1) is 24.6 Å². The van der Waals surface area contributed by atoms with Crippen molar-refractivity contribution in [1.82, 2.24) is 24.8 Å². The van der Waals surface area contributed by atoms with Gasteiger partial charge in [-0.25, -0.2) is 4.98 Å². The number of rotatable bonds is 3. The molecule has 0 atom stereocenters. The summed E-state index contributed by atoms with van der Waals surface area (Å²) in [4.78, 5) is 41.4. The monoisotopic (exact) mass is 506 g/mol. The molecule has 1 saturated heterocycles. The molecule has 2 aliphatic rings. The smallest absolute Gasteiger partial charge is 0.238 e. The van der Waals surface area contributed by atoms with Crippen molar-refractivity contribution in [2.45, 2.75) is 19.8 Å². The molecule has 36 heavy (non-hydrogen) atoms. The first-order valence-electron chi connectivity index (χ1n) is 11.8. The number of anilines is 5. The number of halogens is 1. The Kier molecular flexibility index (Phi) is 6.97. The van der Waals surface area contributed by atoms with Crippen molar-refractivity contribution in [3.8, 4) is 0 Å². The summed E-state index contributed by atoms with van der Waals surface area (Å²) in [7, 11) is 0. The topological polar surface area (TPSA) is 115 Å². The van der Waals surface area contributed by atoms with Crippen LogP contribution in [0.3, 0.4) is 0 Å². The second-order valence-corrected chi connectivity index (χ2v) is 9.33. The summed E-state index contributed by atoms with van der Waals surface area (Å²) in [5.74, 6) is 0.879. The van der Waals surface area contributed by atoms with Crippen LogP contribution in [0, 0.1) is 0 Å². The number of carbonyl (C=O) groups excluding carboxylic acids is 2. The van der Waals surface area contributed by atoms with E-state index < -0.39 is 0 Å². The molecule has 2 amide bonds. The van der Waals surface area contributed by atoms with E-state index in [-0.39, 0.29) is 18.4 Å². The average Bonchev–Trinajstić information content (AvgIpc) is 2.86. The van der Waals surface area contributed by atoms with Crippen LogP contribution in [0.4, 0.5) is 28.8 Å². The standard InChI is InChI=1S/C25H27ClN8O2/c1-16(35)34-8-6-33(7-9-34)15-23(36)31-22-5-4-19-11-18(22)3-2-17-10-20(13-27-12-17)30-25-28-14-21(26)24(29-19)32-25/h4-5,10-14H,2-3,6-9,15H2,1H3,(H,31,36)(H2,28,29,30,32). The predicted molar refractivity (Wildman–Crippen MR) is 139 cm³/mol. The van der Waals surface area contributed by atoms with Crippen molar-refractivity contribution >= 4 is 52.2 Å². The van der Waals surface area contributed by atoms with Gasteiger partial charge in [-0.2, -0.15) is 4.98 Å². The van der Waals surface area contributed by atoms with Gasteiger partial charge < -0.3 is 20.9 Å². The molecule has 0 spiro atoms. The SMILES string of the molecule is CC(=O)N1CCN(CC(=O)Nc2ccc3cc2CCc2cncc(c2)Nc2ncc(Cl)c(n2)N3)CC1. The van der Waals surface area contributed by atoms with E-state index in [9.17, 15) is 9.59 Å². The quantitative estimate of drug-likeness (QED) is 0.496. The number of carbonyl (C=O) groups is 2. The Balaban J connectivity index is 1.36. The Morgan fingerprint density at radius 1 is 1.03 bits per heavy atom. The van der Waals surface area contributed by atoms with Crippen LogP contribution in [0.15, 0.2) is 42.9 Å². The van der Waals surface area contributed by atoms with Crippen LogP contribution >= 0.6 is 11.6 Å². The van der Waals surface area contributed by atoms with Crippen LogP contribution in [-0.4, -0.2) is 69.3 Å². The number of hydrogen-bond donors (Lipinski definition) is 3. The van der Waals surface area contributed by atoms with Gasteiger partial charge in [0.15, 0.2) is 5.82 Å². The van der Waals surface area contributed by atoms with E-state index in [0.717, 1.165) is 34.6 Å². The summed E-state index contributed by atoms with van der Waals surface area (Å²) in [6.07, 6.45) is 6.53. The highest BCUT2D eigenvalue weighted by atomic mass is 35.5. The highest BCUT2D eigenvalue weighted by Crippen LogP contribution is 2.29. The van der Waals surface area contributed by atoms with Gasteiger partial charge in [0, 0.05) is 50.7 Å². The lowest BCUT2D eigenvalue weighted by Gasteiger charge is -2.33. The Labute approximate surface area is 214 Å². The summed E-state index contributed by atoms with van der Waals surface area (Å²) in [5, 5.41) is 9.92. The van der Waals surface area contributed by atoms with Gasteiger partial charge in [0.25, 0.3) is 0 Å². The Hall–Kier alpha value is -3.76. The Morgan fingerprint density at radius 2 is 1.86 bits per heavy atom. The van der Waals surface area contributed by atoms with E-state index in [0.29, 0.717) is 49.4 Å². The molecule has 3 N–H and O–H groups in total. The first-order chi connectivity index (χ1) is 17.4. The number of aryl methyl sites for hydroxylation is 2. The second-order valence-electron chi connectivity index (χ2n) is 8.92. The number of benzene rings is 1. The van der Waals surface area contributed by atoms with Gasteiger partial charge in [-0.3, -0.25) is 19.5 Å². The third kappa shape index (κ3) is 5.72. The highest BCUT2D eigenvalue weighted by Gasteiger charge is 2.21. The fraction of sp³-hybridized carbons (Fsp3) is 0.320. The lowest BCUT2D eigenvalue weighted by atomic mass is 10.0. The second kappa shape index (κ2) is 10.5. The molecule has 2 aromatic heterocycles. The maximum Gasteiger partial charge on any atom is 0.238 e. The van der Waals surface area contributed by atoms with E-state index in [4.69, 9.17) is 11.6 Å². The van der Waals surface area contributed by atoms with Crippen LogP contribution in [0.2, 0.25) is 5.02 Å². The molecule has 4 heterocycles. The van der Waals surface area contributed by atoms with Crippen molar-refractivity contribution in [2.24, 2.45) is 0 Å². The number of amides is 2. The first kappa shape index (κ1) is 24.0. The normalized spacial score (nSPS) is 15.4. The van der Waals surface area contributed by atoms with Crippen molar-refractivity contribution in [1.29, 1.82) is 0 Å². The maximum atomic E-state index is 12.9. The van der Waals surface area contributed by atoms with Crippen molar-refractivity contribution in [2.75, 3.05) is 48.7 Å². The molecular formula is C25H27ClN8O2. The molecule has 6 bridgehead atoms. The molecule has 186 valence electrons. The maximum absolute atomic E-state index is 12.9. The average molecular weight is 507 g/mol. The molecule has 11 heteroatoms. The van der Waals surface area contributed by atoms with Crippen molar-refractivity contribution < 1.29 is 9.59 Å². The lowest BCUT2D eigenvalue weighted by Crippen LogP contribution is -2.49. The Morgan fingerprint density at radius 3 is 2.67 bits per heavy atom. The zero-order chi connectivity index (χ0) is 25.1. The van der Waals surface area contributed by atoms with Gasteiger partial charge in [-0.05, 0) is 48.2 Å². The zero-order valence-corrected chi connectivity index (χ0v) is 20.7. The van der Waals surface area contributed by atoms with Crippen LogP contribution in [0.5, 0.6) is 0 Å². The van der Waals surface area contributed by atoms with Crippen LogP contribution in [0.25, 0.3) is 0 Å². The number of piperazine rings is 1. The molecule has 1 aromatic carbocycles. The fourth-order valence-electron chi connectivity index (χ4n) is 4.37. The molecular weight excluding hydrogens is 480 g/mol. The first-order valence-corrected chi connectivity index (χ1v) is 12.2. The fourth-order valence-corrected chi connectivity index (χ4v) is 4.50. The highest BCUT2D eigenvalue weighted by molar-refractivity contribution is 6.32. The molecule has 1 fully saturated rings. The van der Waals surface area contributed by atoms with Gasteiger partial charge in [0.2, 0.25) is 17.8 Å². The van der Waals surface area contributed by atoms with Crippen LogP contribution in [0.1, 0.15) is 18.1 Å². The number of aromatic nitrogens is 3.